The van der Waals surface area contributed by atoms with Crippen molar-refractivity contribution in [2.24, 2.45) is 0 Å². The Morgan fingerprint density at radius 3 is 1.37 bits per heavy atom. The molecule has 0 aliphatic rings. The number of unbranched alkanes of at least 4 members (excludes halogenated alkanes) is 21. The van der Waals surface area contributed by atoms with E-state index in [1.54, 1.807) is 0 Å². The zero-order valence-electron chi connectivity index (χ0n) is 39.4. The number of aliphatic carboxylic acids is 1. The van der Waals surface area contributed by atoms with Crippen molar-refractivity contribution in [3.63, 3.8) is 0 Å². The molecule has 9 heteroatoms. The lowest BCUT2D eigenvalue weighted by Gasteiger charge is -2.25. The highest BCUT2D eigenvalue weighted by molar-refractivity contribution is 5.71. The molecule has 0 aromatic rings. The van der Waals surface area contributed by atoms with E-state index in [2.05, 4.69) is 62.5 Å². The highest BCUT2D eigenvalue weighted by Crippen LogP contribution is 2.14. The number of allylic oxidation sites excluding steroid dienone is 8. The summed E-state index contributed by atoms with van der Waals surface area (Å²) in [6.07, 6.45) is 47.4. The highest BCUT2D eigenvalue weighted by Gasteiger charge is 2.25. The number of hydrogen-bond acceptors (Lipinski definition) is 7. The first-order valence-electron chi connectivity index (χ1n) is 24.3. The first kappa shape index (κ1) is 57.2. The summed E-state index contributed by atoms with van der Waals surface area (Å²) in [6, 6.07) is 0. The lowest BCUT2D eigenvalue weighted by Crippen LogP contribution is -2.40. The summed E-state index contributed by atoms with van der Waals surface area (Å²) in [4.78, 5) is 37.2. The van der Waals surface area contributed by atoms with Crippen molar-refractivity contribution in [1.82, 2.24) is 0 Å². The summed E-state index contributed by atoms with van der Waals surface area (Å²) in [5, 5.41) is 9.65. The molecule has 0 spiro atoms. The minimum atomic E-state index is -1.51. The molecule has 9 nitrogen and oxygen atoms in total. The Bertz CT molecular complexity index is 1120. The van der Waals surface area contributed by atoms with Gasteiger partial charge in [0.1, 0.15) is 13.2 Å². The molecule has 348 valence electrons. The van der Waals surface area contributed by atoms with Crippen LogP contribution in [-0.2, 0) is 33.3 Å². The molecule has 0 aliphatic heterocycles. The summed E-state index contributed by atoms with van der Waals surface area (Å²) in [7, 11) is 5.95. The third-order valence-electron chi connectivity index (χ3n) is 10.3. The van der Waals surface area contributed by atoms with Gasteiger partial charge in [0.2, 0.25) is 0 Å². The van der Waals surface area contributed by atoms with Gasteiger partial charge in [-0.3, -0.25) is 9.59 Å². The number of esters is 2. The molecular formula is C51H92NO8+. The zero-order valence-corrected chi connectivity index (χ0v) is 39.4. The van der Waals surface area contributed by atoms with Gasteiger partial charge in [-0.25, -0.2) is 4.79 Å². The predicted molar refractivity (Wildman–Crippen MR) is 249 cm³/mol. The fraction of sp³-hybridized carbons (Fsp3) is 0.784. The molecule has 0 radical (unpaired) electrons. The molecule has 1 N–H and O–H groups in total. The van der Waals surface area contributed by atoms with E-state index < -0.39 is 24.3 Å². The summed E-state index contributed by atoms with van der Waals surface area (Å²) < 4.78 is 22.7. The van der Waals surface area contributed by atoms with Gasteiger partial charge in [-0.05, 0) is 70.6 Å². The number of carbonyl (C=O) groups is 3. The largest absolute Gasteiger partial charge is 0.477 e. The van der Waals surface area contributed by atoms with E-state index >= 15 is 0 Å². The van der Waals surface area contributed by atoms with Crippen LogP contribution in [0.4, 0.5) is 0 Å². The van der Waals surface area contributed by atoms with Crippen LogP contribution in [0.1, 0.15) is 200 Å². The van der Waals surface area contributed by atoms with E-state index in [1.165, 1.54) is 89.9 Å². The van der Waals surface area contributed by atoms with E-state index in [0.29, 0.717) is 17.4 Å². The van der Waals surface area contributed by atoms with Crippen LogP contribution in [0.3, 0.4) is 0 Å². The first-order valence-corrected chi connectivity index (χ1v) is 24.3. The molecule has 0 aliphatic carbocycles. The molecule has 0 heterocycles. The molecule has 60 heavy (non-hydrogen) atoms. The molecular weight excluding hydrogens is 755 g/mol. The summed E-state index contributed by atoms with van der Waals surface area (Å²) >= 11 is 0. The van der Waals surface area contributed by atoms with Gasteiger partial charge < -0.3 is 28.5 Å². The number of rotatable bonds is 44. The molecule has 0 bridgehead atoms. The number of carboxylic acid groups (broad SMARTS) is 1. The van der Waals surface area contributed by atoms with E-state index in [4.69, 9.17) is 18.9 Å². The second-order valence-electron chi connectivity index (χ2n) is 17.4. The van der Waals surface area contributed by atoms with Crippen molar-refractivity contribution in [3.8, 4) is 0 Å². The topological polar surface area (TPSA) is 108 Å². The summed E-state index contributed by atoms with van der Waals surface area (Å²) in [5.74, 6) is -2.03. The molecule has 0 fully saturated rings. The van der Waals surface area contributed by atoms with Gasteiger partial charge in [0.25, 0.3) is 6.29 Å². The fourth-order valence-electron chi connectivity index (χ4n) is 6.47. The minimum Gasteiger partial charge on any atom is -0.477 e. The van der Waals surface area contributed by atoms with Gasteiger partial charge in [0, 0.05) is 12.8 Å². The normalized spacial score (nSPS) is 13.3. The number of likely N-dealkylation sites (N-methyl/N-ethyl adjacent to an activating group) is 1. The molecule has 0 aromatic heterocycles. The Kier molecular flexibility index (Phi) is 41.0. The molecule has 2 atom stereocenters. The van der Waals surface area contributed by atoms with Gasteiger partial charge in [-0.15, -0.1) is 0 Å². The van der Waals surface area contributed by atoms with Crippen LogP contribution in [0.5, 0.6) is 0 Å². The van der Waals surface area contributed by atoms with E-state index in [-0.39, 0.29) is 38.6 Å². The van der Waals surface area contributed by atoms with Crippen molar-refractivity contribution < 1.29 is 42.9 Å². The minimum absolute atomic E-state index is 0.183. The lowest BCUT2D eigenvalue weighted by molar-refractivity contribution is -0.870. The third kappa shape index (κ3) is 43.3. The van der Waals surface area contributed by atoms with Crippen molar-refractivity contribution in [3.05, 3.63) is 48.6 Å². The maximum atomic E-state index is 12.8. The van der Waals surface area contributed by atoms with Crippen molar-refractivity contribution >= 4 is 17.9 Å². The van der Waals surface area contributed by atoms with Crippen LogP contribution in [0.15, 0.2) is 48.6 Å². The number of quaternary nitrogens is 1. The fourth-order valence-corrected chi connectivity index (χ4v) is 6.47. The number of carbonyl (C=O) groups excluding carboxylic acids is 2. The van der Waals surface area contributed by atoms with Crippen LogP contribution < -0.4 is 0 Å². The number of hydrogen-bond donors (Lipinski definition) is 1. The van der Waals surface area contributed by atoms with Crippen LogP contribution in [0.2, 0.25) is 0 Å². The average Bonchev–Trinajstić information content (AvgIpc) is 3.21. The van der Waals surface area contributed by atoms with E-state index in [1.807, 2.05) is 21.1 Å². The lowest BCUT2D eigenvalue weighted by atomic mass is 10.1. The van der Waals surface area contributed by atoms with Gasteiger partial charge in [0.05, 0.1) is 34.4 Å². The maximum absolute atomic E-state index is 12.8. The Morgan fingerprint density at radius 2 is 0.917 bits per heavy atom. The van der Waals surface area contributed by atoms with E-state index in [0.717, 1.165) is 77.0 Å². The van der Waals surface area contributed by atoms with Crippen LogP contribution in [-0.4, -0.2) is 87.4 Å². The van der Waals surface area contributed by atoms with Crippen molar-refractivity contribution in [2.75, 3.05) is 47.5 Å². The average molecular weight is 847 g/mol. The van der Waals surface area contributed by atoms with Crippen LogP contribution >= 0.6 is 0 Å². The molecule has 0 rings (SSSR count). The monoisotopic (exact) mass is 847 g/mol. The quantitative estimate of drug-likeness (QED) is 0.0212. The molecule has 0 amide bonds. The van der Waals surface area contributed by atoms with E-state index in [9.17, 15) is 19.5 Å². The standard InChI is InChI=1S/C51H91NO8/c1-6-8-10-12-14-16-18-20-22-23-24-25-26-27-28-30-32-34-36-38-40-42-49(54)60-47(46-59-51(50(55)56)57-44-43-52(3,4)5)45-58-48(53)41-39-37-35-33-31-29-21-19-17-15-13-11-9-7-2/h13,15,18-21,23-24,47,51H,6-12,14,16-17,22,25-46H2,1-5H3/p+1/b15-13-,20-18-,21-19-,24-23-. The SMILES string of the molecule is CCCC/C=C\C/C=C\CCCCCCCC(=O)OCC(COC(OCC[N+](C)(C)C)C(=O)O)OC(=O)CCCCCCCCCCC/C=C\C/C=C\CCCCCCC. The summed E-state index contributed by atoms with van der Waals surface area (Å²) in [6.45, 7) is 4.80. The Balaban J connectivity index is 4.39. The predicted octanol–water partition coefficient (Wildman–Crippen LogP) is 13.2. The Hall–Kier alpha value is -2.75. The van der Waals surface area contributed by atoms with Gasteiger partial charge in [-0.1, -0.05) is 165 Å². The molecule has 0 saturated heterocycles. The second kappa shape index (κ2) is 42.9. The Morgan fingerprint density at radius 1 is 0.500 bits per heavy atom. The number of nitrogens with zero attached hydrogens (tertiary/aromatic N) is 1. The van der Waals surface area contributed by atoms with Crippen molar-refractivity contribution in [2.45, 2.75) is 212 Å². The molecule has 0 aromatic carbocycles. The zero-order chi connectivity index (χ0) is 44.2. The molecule has 2 unspecified atom stereocenters. The van der Waals surface area contributed by atoms with Gasteiger partial charge in [-0.2, -0.15) is 0 Å². The second-order valence-corrected chi connectivity index (χ2v) is 17.4. The smallest absolute Gasteiger partial charge is 0.361 e. The van der Waals surface area contributed by atoms with Crippen LogP contribution in [0.25, 0.3) is 0 Å². The Labute approximate surface area is 368 Å². The van der Waals surface area contributed by atoms with Gasteiger partial charge in [0.15, 0.2) is 6.10 Å². The van der Waals surface area contributed by atoms with Gasteiger partial charge >= 0.3 is 17.9 Å². The van der Waals surface area contributed by atoms with Crippen LogP contribution in [0, 0.1) is 0 Å². The number of ether oxygens (including phenoxy) is 4. The summed E-state index contributed by atoms with van der Waals surface area (Å²) in [5.41, 5.74) is 0. The van der Waals surface area contributed by atoms with Crippen molar-refractivity contribution in [1.29, 1.82) is 0 Å². The highest BCUT2D eigenvalue weighted by atomic mass is 16.7. The maximum Gasteiger partial charge on any atom is 0.361 e. The molecule has 0 saturated carbocycles. The number of carboxylic acids is 1. The third-order valence-corrected chi connectivity index (χ3v) is 10.3. The first-order chi connectivity index (χ1) is 29.1.